The number of hydrogen-bond donors (Lipinski definition) is 8. The van der Waals surface area contributed by atoms with Crippen molar-refractivity contribution in [3.05, 3.63) is 36.0 Å². The lowest BCUT2D eigenvalue weighted by Gasteiger charge is -2.24. The Bertz CT molecular complexity index is 1010. The first-order valence-electron chi connectivity index (χ1n) is 10.3. The molecular formula is C21H29N5O7. The van der Waals surface area contributed by atoms with E-state index < -0.39 is 60.6 Å². The fourth-order valence-corrected chi connectivity index (χ4v) is 3.06. The molecule has 5 atom stereocenters. The van der Waals surface area contributed by atoms with Gasteiger partial charge in [0.1, 0.15) is 24.2 Å². The van der Waals surface area contributed by atoms with Crippen LogP contribution in [0.5, 0.6) is 0 Å². The van der Waals surface area contributed by atoms with Crippen LogP contribution in [0.2, 0.25) is 0 Å². The summed E-state index contributed by atoms with van der Waals surface area (Å²) in [6, 6.07) is 2.12. The number of benzene rings is 1. The van der Waals surface area contributed by atoms with Gasteiger partial charge in [0, 0.05) is 23.5 Å². The van der Waals surface area contributed by atoms with Crippen molar-refractivity contribution in [3.8, 4) is 0 Å². The molecule has 1 aromatic carbocycles. The van der Waals surface area contributed by atoms with Crippen molar-refractivity contribution >= 4 is 34.6 Å². The summed E-state index contributed by atoms with van der Waals surface area (Å²) >= 11 is 0. The zero-order chi connectivity index (χ0) is 24.7. The van der Waals surface area contributed by atoms with Crippen LogP contribution in [0.3, 0.4) is 0 Å². The maximum absolute atomic E-state index is 13.0. The molecule has 0 aliphatic rings. The number of nitrogens with one attached hydrogen (secondary N) is 4. The lowest BCUT2D eigenvalue weighted by molar-refractivity contribution is -0.142. The number of amides is 3. The van der Waals surface area contributed by atoms with Crippen LogP contribution < -0.4 is 21.7 Å². The summed E-state index contributed by atoms with van der Waals surface area (Å²) in [5.41, 5.74) is 7.18. The molecule has 180 valence electrons. The van der Waals surface area contributed by atoms with Crippen LogP contribution in [-0.2, 0) is 25.6 Å². The molecule has 12 heteroatoms. The molecule has 2 rings (SSSR count). The third-order valence-corrected chi connectivity index (χ3v) is 5.10. The van der Waals surface area contributed by atoms with Crippen molar-refractivity contribution in [2.24, 2.45) is 5.73 Å². The highest BCUT2D eigenvalue weighted by molar-refractivity contribution is 5.95. The third kappa shape index (κ3) is 6.75. The number of fused-ring (bicyclic) bond motifs is 1. The second-order valence-corrected chi connectivity index (χ2v) is 7.70. The van der Waals surface area contributed by atoms with Crippen LogP contribution in [0.1, 0.15) is 19.4 Å². The number of carboxylic acid groups (broad SMARTS) is 1. The number of H-pyrrole nitrogens is 1. The molecule has 33 heavy (non-hydrogen) atoms. The summed E-state index contributed by atoms with van der Waals surface area (Å²) < 4.78 is 0. The molecule has 12 nitrogen and oxygen atoms in total. The largest absolute Gasteiger partial charge is 0.480 e. The molecule has 0 bridgehead atoms. The fraction of sp³-hybridized carbons (Fsp3) is 0.429. The first kappa shape index (κ1) is 25.8. The van der Waals surface area contributed by atoms with Crippen molar-refractivity contribution in [1.82, 2.24) is 20.9 Å². The Labute approximate surface area is 189 Å². The first-order chi connectivity index (χ1) is 15.5. The van der Waals surface area contributed by atoms with Crippen molar-refractivity contribution < 1.29 is 34.5 Å². The fourth-order valence-electron chi connectivity index (χ4n) is 3.06. The maximum atomic E-state index is 13.0. The minimum absolute atomic E-state index is 0.0133. The van der Waals surface area contributed by atoms with Gasteiger partial charge in [0.05, 0.1) is 12.7 Å². The highest BCUT2D eigenvalue weighted by atomic mass is 16.4. The second kappa shape index (κ2) is 11.4. The van der Waals surface area contributed by atoms with Crippen LogP contribution in [0.4, 0.5) is 0 Å². The zero-order valence-corrected chi connectivity index (χ0v) is 18.2. The van der Waals surface area contributed by atoms with Crippen molar-refractivity contribution in [2.75, 3.05) is 6.61 Å². The summed E-state index contributed by atoms with van der Waals surface area (Å²) in [6.07, 6.45) is 0.519. The van der Waals surface area contributed by atoms with E-state index >= 15 is 0 Å². The summed E-state index contributed by atoms with van der Waals surface area (Å²) in [5, 5.41) is 35.9. The van der Waals surface area contributed by atoms with Gasteiger partial charge in [0.2, 0.25) is 17.7 Å². The number of carbonyl (C=O) groups is 4. The minimum atomic E-state index is -1.45. The highest BCUT2D eigenvalue weighted by Crippen LogP contribution is 2.19. The molecule has 0 radical (unpaired) electrons. The summed E-state index contributed by atoms with van der Waals surface area (Å²) in [4.78, 5) is 51.7. The van der Waals surface area contributed by atoms with Crippen molar-refractivity contribution in [1.29, 1.82) is 0 Å². The number of aliphatic carboxylic acids is 1. The zero-order valence-electron chi connectivity index (χ0n) is 18.2. The van der Waals surface area contributed by atoms with Gasteiger partial charge in [-0.05, 0) is 25.5 Å². The number of hydrogen-bond acceptors (Lipinski definition) is 7. The van der Waals surface area contributed by atoms with Crippen molar-refractivity contribution in [3.63, 3.8) is 0 Å². The highest BCUT2D eigenvalue weighted by Gasteiger charge is 2.30. The van der Waals surface area contributed by atoms with Crippen LogP contribution >= 0.6 is 0 Å². The number of nitrogens with two attached hydrogens (primary N) is 1. The molecule has 2 aromatic rings. The topological polar surface area (TPSA) is 207 Å². The van der Waals surface area contributed by atoms with Crippen molar-refractivity contribution in [2.45, 2.75) is 50.5 Å². The van der Waals surface area contributed by atoms with Gasteiger partial charge in [-0.25, -0.2) is 0 Å². The molecule has 1 aromatic heterocycles. The second-order valence-electron chi connectivity index (χ2n) is 7.70. The van der Waals surface area contributed by atoms with E-state index in [9.17, 15) is 29.4 Å². The molecule has 0 aliphatic heterocycles. The monoisotopic (exact) mass is 463 g/mol. The number of aliphatic hydroxyl groups is 2. The number of aliphatic hydroxyl groups excluding tert-OH is 2. The lowest BCUT2D eigenvalue weighted by atomic mass is 10.0. The number of rotatable bonds is 11. The molecule has 3 amide bonds. The molecule has 0 spiro atoms. The van der Waals surface area contributed by atoms with Gasteiger partial charge in [-0.3, -0.25) is 19.2 Å². The number of aromatic amines is 1. The number of carboxylic acids is 1. The quantitative estimate of drug-likeness (QED) is 0.186. The predicted molar refractivity (Wildman–Crippen MR) is 118 cm³/mol. The smallest absolute Gasteiger partial charge is 0.325 e. The van der Waals surface area contributed by atoms with E-state index in [0.717, 1.165) is 10.9 Å². The van der Waals surface area contributed by atoms with E-state index in [1.165, 1.54) is 13.8 Å². The number of para-hydroxylation sites is 1. The molecule has 0 aliphatic carbocycles. The lowest BCUT2D eigenvalue weighted by Crippen LogP contribution is -2.59. The molecule has 9 N–H and O–H groups in total. The molecule has 0 saturated carbocycles. The normalized spacial score (nSPS) is 15.7. The minimum Gasteiger partial charge on any atom is -0.480 e. The molecule has 5 unspecified atom stereocenters. The van der Waals surface area contributed by atoms with E-state index in [2.05, 4.69) is 20.9 Å². The Morgan fingerprint density at radius 2 is 1.61 bits per heavy atom. The third-order valence-electron chi connectivity index (χ3n) is 5.10. The SMILES string of the molecule is CC(NC(=O)C(CO)NC(=O)C(Cc1c[nH]c2ccccc12)NC(=O)C(N)C(C)O)C(=O)O. The van der Waals surface area contributed by atoms with Gasteiger partial charge in [-0.2, -0.15) is 0 Å². The van der Waals surface area contributed by atoms with E-state index in [0.29, 0.717) is 5.56 Å². The molecular weight excluding hydrogens is 434 g/mol. The number of aromatic nitrogens is 1. The van der Waals surface area contributed by atoms with E-state index in [4.69, 9.17) is 10.8 Å². The van der Waals surface area contributed by atoms with Gasteiger partial charge in [-0.1, -0.05) is 18.2 Å². The van der Waals surface area contributed by atoms with Gasteiger partial charge < -0.3 is 42.0 Å². The Kier molecular flexibility index (Phi) is 8.91. The van der Waals surface area contributed by atoms with Gasteiger partial charge in [-0.15, -0.1) is 0 Å². The van der Waals surface area contributed by atoms with E-state index in [1.54, 1.807) is 6.20 Å². The Morgan fingerprint density at radius 1 is 1.00 bits per heavy atom. The van der Waals surface area contributed by atoms with E-state index in [1.807, 2.05) is 24.3 Å². The van der Waals surface area contributed by atoms with Crippen LogP contribution in [0, 0.1) is 0 Å². The first-order valence-corrected chi connectivity index (χ1v) is 10.3. The summed E-state index contributed by atoms with van der Waals surface area (Å²) in [5.74, 6) is -3.78. The predicted octanol–water partition coefficient (Wildman–Crippen LogP) is -2.03. The van der Waals surface area contributed by atoms with Crippen LogP contribution in [-0.4, -0.2) is 80.9 Å². The molecule has 0 saturated heterocycles. The van der Waals surface area contributed by atoms with Gasteiger partial charge >= 0.3 is 5.97 Å². The maximum Gasteiger partial charge on any atom is 0.325 e. The summed E-state index contributed by atoms with van der Waals surface area (Å²) in [7, 11) is 0. The Morgan fingerprint density at radius 3 is 2.21 bits per heavy atom. The molecule has 0 fully saturated rings. The van der Waals surface area contributed by atoms with Crippen LogP contribution in [0.25, 0.3) is 10.9 Å². The Hall–Kier alpha value is -3.48. The average molecular weight is 463 g/mol. The van der Waals surface area contributed by atoms with Gasteiger partial charge in [0.15, 0.2) is 0 Å². The standard InChI is InChI=1S/C21H29N5O7/c1-10(21(32)33)24-19(30)16(9-27)26-18(29)15(25-20(31)17(22)11(2)28)7-12-8-23-14-6-4-3-5-13(12)14/h3-6,8,10-11,15-17,23,27-28H,7,9,22H2,1-2H3,(H,24,30)(H,25,31)(H,26,29)(H,32,33). The average Bonchev–Trinajstić information content (AvgIpc) is 3.18. The number of carbonyl (C=O) groups excluding carboxylic acids is 3. The van der Waals surface area contributed by atoms with E-state index in [-0.39, 0.29) is 6.42 Å². The van der Waals surface area contributed by atoms with Gasteiger partial charge in [0.25, 0.3) is 0 Å². The molecule has 1 heterocycles. The van der Waals surface area contributed by atoms with Crippen LogP contribution in [0.15, 0.2) is 30.5 Å². The summed E-state index contributed by atoms with van der Waals surface area (Å²) in [6.45, 7) is 1.76. The Balaban J connectivity index is 2.23.